The van der Waals surface area contributed by atoms with E-state index in [0.717, 1.165) is 0 Å². The highest BCUT2D eigenvalue weighted by molar-refractivity contribution is 7.89. The Balaban J connectivity index is 3.41. The van der Waals surface area contributed by atoms with Crippen LogP contribution in [0.25, 0.3) is 0 Å². The van der Waals surface area contributed by atoms with Gasteiger partial charge in [-0.05, 0) is 25.0 Å². The predicted molar refractivity (Wildman–Crippen MR) is 76.8 cm³/mol. The van der Waals surface area contributed by atoms with E-state index in [1.165, 1.54) is 22.5 Å². The highest BCUT2D eigenvalue weighted by atomic mass is 32.2. The minimum atomic E-state index is -3.91. The molecule has 0 bridgehead atoms. The first kappa shape index (κ1) is 16.4. The third kappa shape index (κ3) is 3.26. The molecule has 0 aliphatic carbocycles. The molecular formula is C12H19N3O4S. The average molecular weight is 301 g/mol. The summed E-state index contributed by atoms with van der Waals surface area (Å²) in [5, 5.41) is 11.1. The van der Waals surface area contributed by atoms with Crippen molar-refractivity contribution in [3.63, 3.8) is 0 Å². The SMILES string of the molecule is CCCN(CCC)S(=O)(=O)c1cccc(N)c1[N+](=O)[O-]. The zero-order valence-electron chi connectivity index (χ0n) is 11.6. The fourth-order valence-corrected chi connectivity index (χ4v) is 3.74. The van der Waals surface area contributed by atoms with Gasteiger partial charge in [0.25, 0.3) is 0 Å². The predicted octanol–water partition coefficient (Wildman–Crippen LogP) is 1.99. The van der Waals surface area contributed by atoms with Gasteiger partial charge in [0, 0.05) is 13.1 Å². The molecule has 0 spiro atoms. The summed E-state index contributed by atoms with van der Waals surface area (Å²) < 4.78 is 26.4. The Morgan fingerprint density at radius 1 is 1.25 bits per heavy atom. The van der Waals surface area contributed by atoms with E-state index in [1.54, 1.807) is 0 Å². The Morgan fingerprint density at radius 3 is 2.25 bits per heavy atom. The van der Waals surface area contributed by atoms with E-state index in [9.17, 15) is 18.5 Å². The molecule has 20 heavy (non-hydrogen) atoms. The summed E-state index contributed by atoms with van der Waals surface area (Å²) in [5.74, 6) is 0. The van der Waals surface area contributed by atoms with Crippen LogP contribution in [0.1, 0.15) is 26.7 Å². The molecule has 112 valence electrons. The van der Waals surface area contributed by atoms with Crippen LogP contribution in [0, 0.1) is 10.1 Å². The number of nitro benzene ring substituents is 1. The Labute approximate surface area is 118 Å². The van der Waals surface area contributed by atoms with Crippen LogP contribution in [-0.2, 0) is 10.0 Å². The number of hydrogen-bond donors (Lipinski definition) is 1. The van der Waals surface area contributed by atoms with Gasteiger partial charge < -0.3 is 5.73 Å². The Morgan fingerprint density at radius 2 is 1.80 bits per heavy atom. The molecule has 1 rings (SSSR count). The highest BCUT2D eigenvalue weighted by Crippen LogP contribution is 2.31. The summed E-state index contributed by atoms with van der Waals surface area (Å²) >= 11 is 0. The fourth-order valence-electron chi connectivity index (χ4n) is 1.93. The van der Waals surface area contributed by atoms with Crippen molar-refractivity contribution in [2.45, 2.75) is 31.6 Å². The molecule has 1 aromatic carbocycles. The molecule has 0 fully saturated rings. The van der Waals surface area contributed by atoms with E-state index in [1.807, 2.05) is 13.8 Å². The molecule has 1 aromatic rings. The van der Waals surface area contributed by atoms with Gasteiger partial charge in [0.1, 0.15) is 5.69 Å². The normalized spacial score (nSPS) is 11.8. The quantitative estimate of drug-likeness (QED) is 0.471. The smallest absolute Gasteiger partial charge is 0.312 e. The number of nitro groups is 1. The highest BCUT2D eigenvalue weighted by Gasteiger charge is 2.32. The minimum absolute atomic E-state index is 0.149. The van der Waals surface area contributed by atoms with Crippen molar-refractivity contribution >= 4 is 21.4 Å². The lowest BCUT2D eigenvalue weighted by Gasteiger charge is -2.21. The second-order valence-corrected chi connectivity index (χ2v) is 6.26. The molecule has 7 nitrogen and oxygen atoms in total. The summed E-state index contributed by atoms with van der Waals surface area (Å²) in [6.45, 7) is 4.35. The molecule has 8 heteroatoms. The third-order valence-electron chi connectivity index (χ3n) is 2.78. The Kier molecular flexibility index (Phi) is 5.46. The van der Waals surface area contributed by atoms with Crippen LogP contribution >= 0.6 is 0 Å². The lowest BCUT2D eigenvalue weighted by atomic mass is 10.3. The molecule has 0 unspecified atom stereocenters. The second-order valence-electron chi connectivity index (χ2n) is 4.36. The van der Waals surface area contributed by atoms with Crippen LogP contribution in [0.2, 0.25) is 0 Å². The molecule has 0 saturated carbocycles. The second kappa shape index (κ2) is 6.67. The van der Waals surface area contributed by atoms with Gasteiger partial charge >= 0.3 is 5.69 Å². The Hall–Kier alpha value is -1.67. The van der Waals surface area contributed by atoms with Gasteiger partial charge in [-0.15, -0.1) is 0 Å². The van der Waals surface area contributed by atoms with Gasteiger partial charge in [-0.3, -0.25) is 10.1 Å². The van der Waals surface area contributed by atoms with Gasteiger partial charge in [0.2, 0.25) is 10.0 Å². The average Bonchev–Trinajstić information content (AvgIpc) is 2.37. The van der Waals surface area contributed by atoms with E-state index in [-0.39, 0.29) is 10.6 Å². The van der Waals surface area contributed by atoms with Crippen molar-refractivity contribution in [2.24, 2.45) is 0 Å². The van der Waals surface area contributed by atoms with E-state index in [0.29, 0.717) is 25.9 Å². The first-order valence-electron chi connectivity index (χ1n) is 6.39. The molecule has 0 amide bonds. The maximum Gasteiger partial charge on any atom is 0.312 e. The van der Waals surface area contributed by atoms with Crippen LogP contribution in [0.5, 0.6) is 0 Å². The molecule has 0 saturated heterocycles. The topological polar surface area (TPSA) is 107 Å². The van der Waals surface area contributed by atoms with Crippen LogP contribution in [0.3, 0.4) is 0 Å². The van der Waals surface area contributed by atoms with E-state index >= 15 is 0 Å². The molecule has 2 N–H and O–H groups in total. The van der Waals surface area contributed by atoms with Gasteiger partial charge in [-0.25, -0.2) is 8.42 Å². The van der Waals surface area contributed by atoms with Gasteiger partial charge in [-0.1, -0.05) is 19.9 Å². The number of sulfonamides is 1. The monoisotopic (exact) mass is 301 g/mol. The van der Waals surface area contributed by atoms with E-state index in [4.69, 9.17) is 5.73 Å². The number of nitrogen functional groups attached to an aromatic ring is 1. The molecule has 0 aromatic heterocycles. The van der Waals surface area contributed by atoms with Crippen molar-refractivity contribution in [3.8, 4) is 0 Å². The van der Waals surface area contributed by atoms with Gasteiger partial charge in [-0.2, -0.15) is 4.31 Å². The largest absolute Gasteiger partial charge is 0.393 e. The fraction of sp³-hybridized carbons (Fsp3) is 0.500. The number of hydrogen-bond acceptors (Lipinski definition) is 5. The Bertz CT molecular complexity index is 580. The van der Waals surface area contributed by atoms with Gasteiger partial charge in [0.15, 0.2) is 4.90 Å². The lowest BCUT2D eigenvalue weighted by molar-refractivity contribution is -0.386. The summed E-state index contributed by atoms with van der Waals surface area (Å²) in [4.78, 5) is 9.98. The van der Waals surface area contributed by atoms with Gasteiger partial charge in [0.05, 0.1) is 4.92 Å². The summed E-state index contributed by atoms with van der Waals surface area (Å²) in [6, 6.07) is 3.95. The first-order valence-corrected chi connectivity index (χ1v) is 7.83. The van der Waals surface area contributed by atoms with Crippen molar-refractivity contribution in [2.75, 3.05) is 18.8 Å². The minimum Gasteiger partial charge on any atom is -0.393 e. The number of para-hydroxylation sites is 1. The van der Waals surface area contributed by atoms with E-state index in [2.05, 4.69) is 0 Å². The molecule has 0 aliphatic heterocycles. The number of benzene rings is 1. The number of anilines is 1. The van der Waals surface area contributed by atoms with Crippen LogP contribution < -0.4 is 5.73 Å². The first-order chi connectivity index (χ1) is 9.36. The standard InChI is InChI=1S/C12H19N3O4S/c1-3-8-14(9-4-2)20(18,19)11-7-5-6-10(13)12(11)15(16)17/h5-7H,3-4,8-9,13H2,1-2H3. The molecule has 0 heterocycles. The molecular weight excluding hydrogens is 282 g/mol. The molecule has 0 radical (unpaired) electrons. The summed E-state index contributed by atoms with van der Waals surface area (Å²) in [5.41, 5.74) is 4.84. The number of nitrogens with two attached hydrogens (primary N) is 1. The third-order valence-corrected chi connectivity index (χ3v) is 4.71. The molecule has 0 aliphatic rings. The van der Waals surface area contributed by atoms with E-state index < -0.39 is 20.6 Å². The van der Waals surface area contributed by atoms with Crippen LogP contribution in [0.15, 0.2) is 23.1 Å². The number of nitrogens with zero attached hydrogens (tertiary/aromatic N) is 2. The van der Waals surface area contributed by atoms with Crippen LogP contribution in [0.4, 0.5) is 11.4 Å². The zero-order chi connectivity index (χ0) is 15.3. The van der Waals surface area contributed by atoms with Crippen LogP contribution in [-0.4, -0.2) is 30.7 Å². The number of rotatable bonds is 7. The lowest BCUT2D eigenvalue weighted by Crippen LogP contribution is -2.33. The van der Waals surface area contributed by atoms with Crippen molar-refractivity contribution in [1.82, 2.24) is 4.31 Å². The summed E-state index contributed by atoms with van der Waals surface area (Å²) in [6.07, 6.45) is 1.27. The van der Waals surface area contributed by atoms with Crippen molar-refractivity contribution in [1.29, 1.82) is 0 Å². The molecule has 0 atom stereocenters. The zero-order valence-corrected chi connectivity index (χ0v) is 12.4. The maximum absolute atomic E-state index is 12.6. The summed E-state index contributed by atoms with van der Waals surface area (Å²) in [7, 11) is -3.91. The van der Waals surface area contributed by atoms with Crippen molar-refractivity contribution in [3.05, 3.63) is 28.3 Å². The van der Waals surface area contributed by atoms with Crippen molar-refractivity contribution < 1.29 is 13.3 Å². The maximum atomic E-state index is 12.6.